The van der Waals surface area contributed by atoms with Crippen molar-refractivity contribution in [1.82, 2.24) is 9.21 Å². The lowest BCUT2D eigenvalue weighted by atomic mass is 9.85. The van der Waals surface area contributed by atoms with Crippen LogP contribution < -0.4 is 0 Å². The Morgan fingerprint density at radius 1 is 1.04 bits per heavy atom. The number of hydrogen-bond acceptors (Lipinski definition) is 4. The van der Waals surface area contributed by atoms with Crippen molar-refractivity contribution >= 4 is 33.4 Å². The van der Waals surface area contributed by atoms with Crippen LogP contribution in [-0.2, 0) is 19.6 Å². The van der Waals surface area contributed by atoms with E-state index in [9.17, 15) is 18.0 Å². The van der Waals surface area contributed by atoms with Gasteiger partial charge in [-0.2, -0.15) is 4.31 Å². The summed E-state index contributed by atoms with van der Waals surface area (Å²) in [6, 6.07) is 4.39. The van der Waals surface area contributed by atoms with E-state index in [1.807, 2.05) is 12.2 Å². The van der Waals surface area contributed by atoms with E-state index in [1.54, 1.807) is 19.1 Å². The van der Waals surface area contributed by atoms with Gasteiger partial charge in [-0.3, -0.25) is 14.5 Å². The molecule has 1 aromatic carbocycles. The Balaban J connectivity index is 1.51. The SMILES string of the molecule is Cc1c(Cl)cccc1S(=O)(=O)N1CC(N2C(=O)C3CC=CCC3C2=O)C1. The van der Waals surface area contributed by atoms with E-state index in [-0.39, 0.29) is 47.7 Å². The van der Waals surface area contributed by atoms with E-state index in [2.05, 4.69) is 0 Å². The molecule has 2 fully saturated rings. The molecule has 2 atom stereocenters. The highest BCUT2D eigenvalue weighted by molar-refractivity contribution is 7.89. The van der Waals surface area contributed by atoms with Crippen molar-refractivity contribution in [3.8, 4) is 0 Å². The number of benzene rings is 1. The molecule has 0 aromatic heterocycles. The summed E-state index contributed by atoms with van der Waals surface area (Å²) in [7, 11) is -3.69. The number of rotatable bonds is 3. The highest BCUT2D eigenvalue weighted by atomic mass is 35.5. The Labute approximate surface area is 157 Å². The van der Waals surface area contributed by atoms with Crippen molar-refractivity contribution in [2.45, 2.75) is 30.7 Å². The molecular formula is C18H19ClN2O4S. The molecule has 0 spiro atoms. The van der Waals surface area contributed by atoms with E-state index >= 15 is 0 Å². The van der Waals surface area contributed by atoms with E-state index < -0.39 is 10.0 Å². The highest BCUT2D eigenvalue weighted by Gasteiger charge is 2.53. The number of fused-ring (bicyclic) bond motifs is 1. The Morgan fingerprint density at radius 2 is 1.62 bits per heavy atom. The van der Waals surface area contributed by atoms with Gasteiger partial charge in [-0.25, -0.2) is 8.42 Å². The number of allylic oxidation sites excluding steroid dienone is 2. The fourth-order valence-corrected chi connectivity index (χ4v) is 5.96. The van der Waals surface area contributed by atoms with Crippen LogP contribution in [0.1, 0.15) is 18.4 Å². The fraction of sp³-hybridized carbons (Fsp3) is 0.444. The average molecular weight is 395 g/mol. The van der Waals surface area contributed by atoms with Gasteiger partial charge in [0.25, 0.3) is 0 Å². The molecule has 138 valence electrons. The summed E-state index contributed by atoms with van der Waals surface area (Å²) in [4.78, 5) is 26.7. The summed E-state index contributed by atoms with van der Waals surface area (Å²) in [5.74, 6) is -0.891. The summed E-state index contributed by atoms with van der Waals surface area (Å²) in [6.45, 7) is 1.94. The Kier molecular flexibility index (Phi) is 4.21. The molecule has 1 aliphatic carbocycles. The van der Waals surface area contributed by atoms with Crippen molar-refractivity contribution in [3.63, 3.8) is 0 Å². The number of halogens is 1. The van der Waals surface area contributed by atoms with Gasteiger partial charge in [0.2, 0.25) is 21.8 Å². The van der Waals surface area contributed by atoms with Crippen molar-refractivity contribution in [1.29, 1.82) is 0 Å². The predicted octanol–water partition coefficient (Wildman–Crippen LogP) is 1.97. The van der Waals surface area contributed by atoms with Gasteiger partial charge in [0.05, 0.1) is 22.8 Å². The van der Waals surface area contributed by atoms with E-state index in [4.69, 9.17) is 11.6 Å². The standard InChI is InChI=1S/C18H19ClN2O4S/c1-11-15(19)7-4-8-16(11)26(24,25)20-9-12(10-20)21-17(22)13-5-2-3-6-14(13)18(21)23/h2-4,7-8,12-14H,5-6,9-10H2,1H3. The molecule has 0 N–H and O–H groups in total. The van der Waals surface area contributed by atoms with Crippen molar-refractivity contribution in [2.75, 3.05) is 13.1 Å². The Bertz CT molecular complexity index is 895. The zero-order valence-electron chi connectivity index (χ0n) is 14.3. The lowest BCUT2D eigenvalue weighted by Crippen LogP contribution is -2.62. The molecule has 4 rings (SSSR count). The zero-order valence-corrected chi connectivity index (χ0v) is 15.8. The maximum absolute atomic E-state index is 12.8. The molecule has 1 aromatic rings. The first-order valence-corrected chi connectivity index (χ1v) is 10.4. The van der Waals surface area contributed by atoms with Crippen molar-refractivity contribution in [3.05, 3.63) is 40.9 Å². The highest BCUT2D eigenvalue weighted by Crippen LogP contribution is 2.38. The maximum Gasteiger partial charge on any atom is 0.243 e. The van der Waals surface area contributed by atoms with Gasteiger partial charge in [-0.1, -0.05) is 29.8 Å². The van der Waals surface area contributed by atoms with Crippen LogP contribution in [-0.4, -0.2) is 48.6 Å². The molecule has 26 heavy (non-hydrogen) atoms. The van der Waals surface area contributed by atoms with Crippen molar-refractivity contribution < 1.29 is 18.0 Å². The number of nitrogens with zero attached hydrogens (tertiary/aromatic N) is 2. The second-order valence-electron chi connectivity index (χ2n) is 7.04. The Morgan fingerprint density at radius 3 is 2.19 bits per heavy atom. The average Bonchev–Trinajstić information content (AvgIpc) is 2.81. The fourth-order valence-electron chi connectivity index (χ4n) is 3.97. The molecule has 0 bridgehead atoms. The minimum absolute atomic E-state index is 0.138. The summed E-state index contributed by atoms with van der Waals surface area (Å²) in [5.41, 5.74) is 0.503. The van der Waals surface area contributed by atoms with Gasteiger partial charge in [0.15, 0.2) is 0 Å². The first-order valence-electron chi connectivity index (χ1n) is 8.59. The van der Waals surface area contributed by atoms with Gasteiger partial charge < -0.3 is 0 Å². The van der Waals surface area contributed by atoms with Gasteiger partial charge in [0.1, 0.15) is 0 Å². The smallest absolute Gasteiger partial charge is 0.243 e. The molecule has 2 unspecified atom stereocenters. The molecule has 2 aliphatic heterocycles. The predicted molar refractivity (Wildman–Crippen MR) is 95.9 cm³/mol. The largest absolute Gasteiger partial charge is 0.276 e. The minimum atomic E-state index is -3.69. The number of imide groups is 1. The summed E-state index contributed by atoms with van der Waals surface area (Å²) in [6.07, 6.45) is 5.05. The molecule has 2 saturated heterocycles. The van der Waals surface area contributed by atoms with E-state index in [0.29, 0.717) is 23.4 Å². The normalized spacial score (nSPS) is 26.9. The first kappa shape index (κ1) is 17.7. The lowest BCUT2D eigenvalue weighted by molar-refractivity contribution is -0.145. The van der Waals surface area contributed by atoms with E-state index in [1.165, 1.54) is 15.3 Å². The van der Waals surface area contributed by atoms with Crippen LogP contribution in [0.2, 0.25) is 5.02 Å². The van der Waals surface area contributed by atoms with Gasteiger partial charge in [0, 0.05) is 18.1 Å². The van der Waals surface area contributed by atoms with E-state index in [0.717, 1.165) is 0 Å². The minimum Gasteiger partial charge on any atom is -0.276 e. The maximum atomic E-state index is 12.8. The molecule has 8 heteroatoms. The quantitative estimate of drug-likeness (QED) is 0.580. The third-order valence-corrected chi connectivity index (χ3v) is 7.96. The molecule has 2 amide bonds. The summed E-state index contributed by atoms with van der Waals surface area (Å²) >= 11 is 6.04. The topological polar surface area (TPSA) is 74.8 Å². The Hall–Kier alpha value is -1.70. The molecule has 2 heterocycles. The van der Waals surface area contributed by atoms with Crippen LogP contribution in [0, 0.1) is 18.8 Å². The van der Waals surface area contributed by atoms with Gasteiger partial charge in [-0.15, -0.1) is 0 Å². The number of amides is 2. The monoisotopic (exact) mass is 394 g/mol. The van der Waals surface area contributed by atoms with Crippen molar-refractivity contribution in [2.24, 2.45) is 11.8 Å². The summed E-state index contributed by atoms with van der Waals surface area (Å²) in [5, 5.41) is 0.393. The summed E-state index contributed by atoms with van der Waals surface area (Å²) < 4.78 is 27.0. The molecule has 6 nitrogen and oxygen atoms in total. The second kappa shape index (κ2) is 6.18. The molecule has 3 aliphatic rings. The van der Waals surface area contributed by atoms with Crippen LogP contribution >= 0.6 is 11.6 Å². The third-order valence-electron chi connectivity index (χ3n) is 5.57. The van der Waals surface area contributed by atoms with Crippen LogP contribution in [0.25, 0.3) is 0 Å². The van der Waals surface area contributed by atoms with Crippen LogP contribution in [0.3, 0.4) is 0 Å². The molecule has 0 radical (unpaired) electrons. The number of sulfonamides is 1. The first-order chi connectivity index (χ1) is 12.3. The lowest BCUT2D eigenvalue weighted by Gasteiger charge is -2.42. The third kappa shape index (κ3) is 2.52. The molecular weight excluding hydrogens is 376 g/mol. The van der Waals surface area contributed by atoms with Crippen LogP contribution in [0.15, 0.2) is 35.2 Å². The van der Waals surface area contributed by atoms with Crippen LogP contribution in [0.4, 0.5) is 0 Å². The zero-order chi connectivity index (χ0) is 18.6. The van der Waals surface area contributed by atoms with Crippen LogP contribution in [0.5, 0.6) is 0 Å². The molecule has 0 saturated carbocycles. The van der Waals surface area contributed by atoms with Gasteiger partial charge >= 0.3 is 0 Å². The number of likely N-dealkylation sites (tertiary alicyclic amines) is 1. The second-order valence-corrected chi connectivity index (χ2v) is 9.35. The number of carbonyl (C=O) groups is 2. The number of hydrogen-bond donors (Lipinski definition) is 0. The van der Waals surface area contributed by atoms with Gasteiger partial charge in [-0.05, 0) is 37.5 Å². The number of carbonyl (C=O) groups excluding carboxylic acids is 2.